The summed E-state index contributed by atoms with van der Waals surface area (Å²) in [4.78, 5) is 18.9. The molecule has 31 heavy (non-hydrogen) atoms. The van der Waals surface area contributed by atoms with E-state index in [0.29, 0.717) is 34.8 Å². The third kappa shape index (κ3) is 4.23. The summed E-state index contributed by atoms with van der Waals surface area (Å²) in [6, 6.07) is 11.1. The minimum Gasteiger partial charge on any atom is -0.493 e. The molecule has 162 valence electrons. The van der Waals surface area contributed by atoms with Crippen LogP contribution in [0.5, 0.6) is 11.5 Å². The smallest absolute Gasteiger partial charge is 0.232 e. The molecule has 1 amide bonds. The maximum atomic E-state index is 12.7. The van der Waals surface area contributed by atoms with Crippen molar-refractivity contribution in [1.29, 1.82) is 0 Å². The summed E-state index contributed by atoms with van der Waals surface area (Å²) < 4.78 is 16.7. The fraction of sp³-hybridized carbons (Fsp3) is 0.348. The lowest BCUT2D eigenvalue weighted by Gasteiger charge is -2.20. The Balaban J connectivity index is 1.56. The van der Waals surface area contributed by atoms with E-state index in [1.807, 2.05) is 51.1 Å². The lowest BCUT2D eigenvalue weighted by atomic mass is 10.1. The number of benzene rings is 2. The van der Waals surface area contributed by atoms with Crippen LogP contribution < -0.4 is 14.4 Å². The van der Waals surface area contributed by atoms with E-state index in [4.69, 9.17) is 25.6 Å². The van der Waals surface area contributed by atoms with Gasteiger partial charge in [0.1, 0.15) is 0 Å². The van der Waals surface area contributed by atoms with Crippen LogP contribution in [-0.4, -0.2) is 35.8 Å². The lowest BCUT2D eigenvalue weighted by Crippen LogP contribution is -2.25. The van der Waals surface area contributed by atoms with Crippen LogP contribution in [0.1, 0.15) is 37.6 Å². The number of nitrogens with zero attached hydrogens (tertiary/aromatic N) is 3. The first-order chi connectivity index (χ1) is 14.9. The van der Waals surface area contributed by atoms with Gasteiger partial charge >= 0.3 is 0 Å². The van der Waals surface area contributed by atoms with Gasteiger partial charge in [0, 0.05) is 18.5 Å². The van der Waals surface area contributed by atoms with Gasteiger partial charge in [0.05, 0.1) is 29.8 Å². The maximum absolute atomic E-state index is 12.7. The van der Waals surface area contributed by atoms with Crippen LogP contribution in [-0.2, 0) is 4.79 Å². The van der Waals surface area contributed by atoms with Crippen molar-refractivity contribution in [2.45, 2.75) is 39.2 Å². The van der Waals surface area contributed by atoms with Crippen molar-refractivity contribution in [2.24, 2.45) is 0 Å². The van der Waals surface area contributed by atoms with Crippen LogP contribution >= 0.6 is 11.6 Å². The van der Waals surface area contributed by atoms with Crippen molar-refractivity contribution in [1.82, 2.24) is 10.1 Å². The van der Waals surface area contributed by atoms with E-state index in [2.05, 4.69) is 10.1 Å². The van der Waals surface area contributed by atoms with Gasteiger partial charge in [-0.2, -0.15) is 4.98 Å². The molecule has 8 heteroatoms. The first kappa shape index (κ1) is 21.2. The maximum Gasteiger partial charge on any atom is 0.232 e. The van der Waals surface area contributed by atoms with Gasteiger partial charge in [-0.25, -0.2) is 0 Å². The van der Waals surface area contributed by atoms with E-state index in [1.165, 1.54) is 0 Å². The average molecular weight is 442 g/mol. The molecule has 3 aromatic rings. The van der Waals surface area contributed by atoms with E-state index in [9.17, 15) is 4.79 Å². The number of anilines is 1. The largest absolute Gasteiger partial charge is 0.493 e. The quantitative estimate of drug-likeness (QED) is 0.534. The molecule has 0 radical (unpaired) electrons. The molecule has 1 aliphatic heterocycles. The molecule has 1 aromatic heterocycles. The third-order valence-electron chi connectivity index (χ3n) is 5.16. The SMILES string of the molecule is COc1cc(-c2noc(C3CC(=O)N(c4c(C)cccc4Cl)C3)n2)ccc1OC(C)C. The fourth-order valence-corrected chi connectivity index (χ4v) is 4.05. The lowest BCUT2D eigenvalue weighted by molar-refractivity contribution is -0.117. The van der Waals surface area contributed by atoms with Crippen molar-refractivity contribution in [3.63, 3.8) is 0 Å². The minimum absolute atomic E-state index is 0.0159. The zero-order valence-electron chi connectivity index (χ0n) is 17.9. The summed E-state index contributed by atoms with van der Waals surface area (Å²) in [6.45, 7) is 6.28. The number of carbonyl (C=O) groups excluding carboxylic acids is 1. The van der Waals surface area contributed by atoms with Crippen LogP contribution in [0, 0.1) is 6.92 Å². The summed E-state index contributed by atoms with van der Waals surface area (Å²) in [7, 11) is 1.59. The highest BCUT2D eigenvalue weighted by atomic mass is 35.5. The number of aryl methyl sites for hydroxylation is 1. The number of carbonyl (C=O) groups is 1. The second-order valence-electron chi connectivity index (χ2n) is 7.80. The second kappa shape index (κ2) is 8.59. The van der Waals surface area contributed by atoms with Gasteiger partial charge in [-0.05, 0) is 50.6 Å². The summed E-state index contributed by atoms with van der Waals surface area (Å²) in [6.07, 6.45) is 0.317. The Bertz CT molecular complexity index is 1090. The van der Waals surface area contributed by atoms with E-state index in [1.54, 1.807) is 18.1 Å². The molecule has 7 nitrogen and oxygen atoms in total. The zero-order chi connectivity index (χ0) is 22.1. The highest BCUT2D eigenvalue weighted by Crippen LogP contribution is 2.38. The Labute approximate surface area is 185 Å². The Morgan fingerprint density at radius 3 is 2.74 bits per heavy atom. The van der Waals surface area contributed by atoms with Crippen molar-refractivity contribution in [2.75, 3.05) is 18.6 Å². The molecule has 0 spiro atoms. The molecule has 4 rings (SSSR count). The van der Waals surface area contributed by atoms with Gasteiger partial charge in [-0.3, -0.25) is 4.79 Å². The standard InChI is InChI=1S/C23H24ClN3O4/c1-13(2)30-18-9-8-15(10-19(18)29-4)22-25-23(31-26-22)16-11-20(28)27(12-16)21-14(3)6-5-7-17(21)24/h5-10,13,16H,11-12H2,1-4H3. The molecule has 1 aliphatic rings. The van der Waals surface area contributed by atoms with E-state index < -0.39 is 0 Å². The van der Waals surface area contributed by atoms with Crippen LogP contribution in [0.25, 0.3) is 11.4 Å². The molecule has 0 bridgehead atoms. The number of hydrogen-bond acceptors (Lipinski definition) is 6. The Kier molecular flexibility index (Phi) is 5.87. The van der Waals surface area contributed by atoms with Crippen molar-refractivity contribution in [3.05, 3.63) is 52.9 Å². The molecule has 1 unspecified atom stereocenters. The minimum atomic E-state index is -0.199. The van der Waals surface area contributed by atoms with Crippen molar-refractivity contribution in [3.8, 4) is 22.9 Å². The highest BCUT2D eigenvalue weighted by molar-refractivity contribution is 6.34. The molecule has 0 saturated carbocycles. The predicted octanol–water partition coefficient (Wildman–Crippen LogP) is 5.01. The van der Waals surface area contributed by atoms with Gasteiger partial charge in [0.2, 0.25) is 17.6 Å². The van der Waals surface area contributed by atoms with Gasteiger partial charge < -0.3 is 18.9 Å². The summed E-state index contributed by atoms with van der Waals surface area (Å²) in [5.41, 5.74) is 2.43. The van der Waals surface area contributed by atoms with Crippen LogP contribution in [0.4, 0.5) is 5.69 Å². The van der Waals surface area contributed by atoms with Gasteiger partial charge in [-0.15, -0.1) is 0 Å². The second-order valence-corrected chi connectivity index (χ2v) is 8.21. The van der Waals surface area contributed by atoms with Crippen molar-refractivity contribution < 1.29 is 18.8 Å². The number of rotatable bonds is 6. The Morgan fingerprint density at radius 2 is 2.03 bits per heavy atom. The fourth-order valence-electron chi connectivity index (χ4n) is 3.73. The predicted molar refractivity (Wildman–Crippen MR) is 118 cm³/mol. The molecule has 1 fully saturated rings. The topological polar surface area (TPSA) is 77.7 Å². The summed E-state index contributed by atoms with van der Waals surface area (Å²) in [5, 5.41) is 4.67. The van der Waals surface area contributed by atoms with E-state index in [-0.39, 0.29) is 24.3 Å². The number of aromatic nitrogens is 2. The van der Waals surface area contributed by atoms with Gasteiger partial charge in [-0.1, -0.05) is 28.9 Å². The Morgan fingerprint density at radius 1 is 1.23 bits per heavy atom. The van der Waals surface area contributed by atoms with Crippen LogP contribution in [0.15, 0.2) is 40.9 Å². The van der Waals surface area contributed by atoms with E-state index >= 15 is 0 Å². The van der Waals surface area contributed by atoms with Gasteiger partial charge in [0.25, 0.3) is 0 Å². The first-order valence-electron chi connectivity index (χ1n) is 10.1. The number of halogens is 1. The normalized spacial score (nSPS) is 16.3. The molecular weight excluding hydrogens is 418 g/mol. The van der Waals surface area contributed by atoms with Gasteiger partial charge in [0.15, 0.2) is 11.5 Å². The van der Waals surface area contributed by atoms with Crippen molar-refractivity contribution >= 4 is 23.2 Å². The number of para-hydroxylation sites is 1. The number of amides is 1. The van der Waals surface area contributed by atoms with Crippen LogP contribution in [0.3, 0.4) is 0 Å². The zero-order valence-corrected chi connectivity index (χ0v) is 18.6. The average Bonchev–Trinajstić information content (AvgIpc) is 3.35. The molecular formula is C23H24ClN3O4. The Hall–Kier alpha value is -3.06. The molecule has 1 atom stereocenters. The van der Waals surface area contributed by atoms with Crippen LogP contribution in [0.2, 0.25) is 5.02 Å². The number of ether oxygens (including phenoxy) is 2. The first-order valence-corrected chi connectivity index (χ1v) is 10.5. The van der Waals surface area contributed by atoms with E-state index in [0.717, 1.165) is 16.8 Å². The highest BCUT2D eigenvalue weighted by Gasteiger charge is 2.36. The molecule has 0 aliphatic carbocycles. The summed E-state index contributed by atoms with van der Waals surface area (Å²) >= 11 is 6.36. The summed E-state index contributed by atoms with van der Waals surface area (Å²) in [5.74, 6) is 1.89. The molecule has 2 aromatic carbocycles. The monoisotopic (exact) mass is 441 g/mol. The molecule has 0 N–H and O–H groups in total. The molecule has 2 heterocycles. The third-order valence-corrected chi connectivity index (χ3v) is 5.46. The number of methoxy groups -OCH3 is 1. The molecule has 1 saturated heterocycles. The number of hydrogen-bond donors (Lipinski definition) is 0.